The Labute approximate surface area is 105 Å². The Kier molecular flexibility index (Phi) is 3.63. The average Bonchev–Trinajstić information content (AvgIpc) is 2.36. The Balaban J connectivity index is 2.45. The smallest absolute Gasteiger partial charge is 0.339 e. The zero-order valence-electron chi connectivity index (χ0n) is 10.1. The van der Waals surface area contributed by atoms with E-state index in [9.17, 15) is 9.90 Å². The van der Waals surface area contributed by atoms with Gasteiger partial charge in [-0.1, -0.05) is 37.3 Å². The summed E-state index contributed by atoms with van der Waals surface area (Å²) in [5.41, 5.74) is 1.35. The van der Waals surface area contributed by atoms with Gasteiger partial charge in [0.25, 0.3) is 0 Å². The lowest BCUT2D eigenvalue weighted by Gasteiger charge is -2.04. The molecule has 3 nitrogen and oxygen atoms in total. The highest BCUT2D eigenvalue weighted by molar-refractivity contribution is 5.79. The van der Waals surface area contributed by atoms with Crippen molar-refractivity contribution < 1.29 is 9.52 Å². The second kappa shape index (κ2) is 5.36. The van der Waals surface area contributed by atoms with Gasteiger partial charge in [-0.25, -0.2) is 4.79 Å². The second-order valence-corrected chi connectivity index (χ2v) is 3.93. The molecular formula is C15H14O3. The molecule has 0 amide bonds. The maximum absolute atomic E-state index is 11.2. The minimum atomic E-state index is -0.544. The Morgan fingerprint density at radius 3 is 2.61 bits per heavy atom. The predicted octanol–water partition coefficient (Wildman–Crippen LogP) is 3.30. The molecule has 0 saturated carbocycles. The zero-order chi connectivity index (χ0) is 13.0. The molecule has 1 aromatic carbocycles. The van der Waals surface area contributed by atoms with E-state index in [0.717, 1.165) is 17.2 Å². The highest BCUT2D eigenvalue weighted by atomic mass is 16.4. The van der Waals surface area contributed by atoms with E-state index < -0.39 is 5.63 Å². The molecular weight excluding hydrogens is 228 g/mol. The topological polar surface area (TPSA) is 50.4 Å². The first kappa shape index (κ1) is 12.2. The van der Waals surface area contributed by atoms with Gasteiger partial charge < -0.3 is 9.52 Å². The van der Waals surface area contributed by atoms with Crippen LogP contribution in [-0.4, -0.2) is 5.11 Å². The molecule has 18 heavy (non-hydrogen) atoms. The van der Waals surface area contributed by atoms with Gasteiger partial charge in [0, 0.05) is 6.07 Å². The first-order chi connectivity index (χ1) is 8.69. The number of aromatic hydroxyl groups is 1. The highest BCUT2D eigenvalue weighted by Crippen LogP contribution is 2.22. The van der Waals surface area contributed by atoms with Crippen molar-refractivity contribution >= 4 is 11.6 Å². The average molecular weight is 242 g/mol. The summed E-state index contributed by atoms with van der Waals surface area (Å²) in [5, 5.41) is 9.42. The first-order valence-electron chi connectivity index (χ1n) is 5.79. The fraction of sp³-hybridized carbons (Fsp3) is 0.133. The molecule has 3 heteroatoms. The lowest BCUT2D eigenvalue weighted by Crippen LogP contribution is -1.98. The van der Waals surface area contributed by atoms with Crippen molar-refractivity contribution in [1.82, 2.24) is 0 Å². The Hall–Kier alpha value is -2.29. The summed E-state index contributed by atoms with van der Waals surface area (Å²) >= 11 is 0. The van der Waals surface area contributed by atoms with E-state index in [1.54, 1.807) is 0 Å². The first-order valence-corrected chi connectivity index (χ1v) is 5.79. The molecule has 1 aromatic heterocycles. The van der Waals surface area contributed by atoms with Crippen LogP contribution in [0.2, 0.25) is 0 Å². The SMILES string of the molecule is CCC(=Cc1ccccc1)c1cc(O)cc(=O)o1. The van der Waals surface area contributed by atoms with Gasteiger partial charge in [-0.2, -0.15) is 0 Å². The minimum Gasteiger partial charge on any atom is -0.508 e. The van der Waals surface area contributed by atoms with Crippen molar-refractivity contribution in [3.05, 3.63) is 64.2 Å². The number of allylic oxidation sites excluding steroid dienone is 1. The third-order valence-electron chi connectivity index (χ3n) is 2.59. The van der Waals surface area contributed by atoms with Crippen LogP contribution in [0.4, 0.5) is 0 Å². The molecule has 1 heterocycles. The van der Waals surface area contributed by atoms with Crippen LogP contribution in [0.15, 0.2) is 51.7 Å². The van der Waals surface area contributed by atoms with Crippen LogP contribution in [0.1, 0.15) is 24.7 Å². The molecule has 0 fully saturated rings. The van der Waals surface area contributed by atoms with Crippen molar-refractivity contribution in [2.75, 3.05) is 0 Å². The summed E-state index contributed by atoms with van der Waals surface area (Å²) in [6, 6.07) is 12.3. The van der Waals surface area contributed by atoms with Crippen LogP contribution < -0.4 is 5.63 Å². The van der Waals surface area contributed by atoms with Crippen molar-refractivity contribution in [3.8, 4) is 5.75 Å². The lowest BCUT2D eigenvalue weighted by atomic mass is 10.1. The number of hydrogen-bond acceptors (Lipinski definition) is 3. The molecule has 2 aromatic rings. The fourth-order valence-corrected chi connectivity index (χ4v) is 1.72. The van der Waals surface area contributed by atoms with E-state index in [-0.39, 0.29) is 5.75 Å². The van der Waals surface area contributed by atoms with Crippen LogP contribution in [0, 0.1) is 0 Å². The normalized spacial score (nSPS) is 11.5. The van der Waals surface area contributed by atoms with E-state index in [2.05, 4.69) is 0 Å². The molecule has 0 aliphatic carbocycles. The maximum atomic E-state index is 11.2. The van der Waals surface area contributed by atoms with Crippen LogP contribution in [-0.2, 0) is 0 Å². The quantitative estimate of drug-likeness (QED) is 0.898. The molecule has 2 rings (SSSR count). The van der Waals surface area contributed by atoms with E-state index >= 15 is 0 Å². The third-order valence-corrected chi connectivity index (χ3v) is 2.59. The van der Waals surface area contributed by atoms with Gasteiger partial charge >= 0.3 is 5.63 Å². The molecule has 0 bridgehead atoms. The number of rotatable bonds is 3. The Bertz CT molecular complexity index is 609. The van der Waals surface area contributed by atoms with Crippen molar-refractivity contribution in [1.29, 1.82) is 0 Å². The number of hydrogen-bond donors (Lipinski definition) is 1. The van der Waals surface area contributed by atoms with E-state index in [1.165, 1.54) is 6.07 Å². The van der Waals surface area contributed by atoms with Gasteiger partial charge in [0.05, 0.1) is 6.07 Å². The lowest BCUT2D eigenvalue weighted by molar-refractivity contribution is 0.442. The number of benzene rings is 1. The zero-order valence-corrected chi connectivity index (χ0v) is 10.1. The molecule has 92 valence electrons. The van der Waals surface area contributed by atoms with Crippen molar-refractivity contribution in [2.24, 2.45) is 0 Å². The maximum Gasteiger partial charge on any atom is 0.339 e. The third kappa shape index (κ3) is 2.88. The van der Waals surface area contributed by atoms with Crippen molar-refractivity contribution in [2.45, 2.75) is 13.3 Å². The van der Waals surface area contributed by atoms with Gasteiger partial charge in [-0.15, -0.1) is 0 Å². The summed E-state index contributed by atoms with van der Waals surface area (Å²) in [4.78, 5) is 11.2. The Morgan fingerprint density at radius 1 is 1.28 bits per heavy atom. The van der Waals surface area contributed by atoms with Gasteiger partial charge in [-0.3, -0.25) is 0 Å². The second-order valence-electron chi connectivity index (χ2n) is 3.93. The van der Waals surface area contributed by atoms with Crippen LogP contribution >= 0.6 is 0 Å². The molecule has 1 N–H and O–H groups in total. The summed E-state index contributed by atoms with van der Waals surface area (Å²) < 4.78 is 5.10. The molecule has 0 saturated heterocycles. The highest BCUT2D eigenvalue weighted by Gasteiger charge is 2.05. The molecule has 0 spiro atoms. The molecule has 0 aliphatic heterocycles. The standard InChI is InChI=1S/C15H14O3/c1-2-12(8-11-6-4-3-5-7-11)14-9-13(16)10-15(17)18-14/h3-10,16H,2H2,1H3. The summed E-state index contributed by atoms with van der Waals surface area (Å²) in [5.74, 6) is 0.333. The van der Waals surface area contributed by atoms with Crippen LogP contribution in [0.3, 0.4) is 0 Å². The molecule has 0 aliphatic rings. The van der Waals surface area contributed by atoms with Crippen LogP contribution in [0.25, 0.3) is 11.6 Å². The van der Waals surface area contributed by atoms with Crippen molar-refractivity contribution in [3.63, 3.8) is 0 Å². The largest absolute Gasteiger partial charge is 0.508 e. The summed E-state index contributed by atoms with van der Waals surface area (Å²) in [6.45, 7) is 1.97. The van der Waals surface area contributed by atoms with E-state index in [0.29, 0.717) is 12.2 Å². The fourth-order valence-electron chi connectivity index (χ4n) is 1.72. The van der Waals surface area contributed by atoms with Crippen LogP contribution in [0.5, 0.6) is 5.75 Å². The Morgan fingerprint density at radius 2 is 2.00 bits per heavy atom. The van der Waals surface area contributed by atoms with Gasteiger partial charge in [0.1, 0.15) is 11.5 Å². The van der Waals surface area contributed by atoms with Gasteiger partial charge in [-0.05, 0) is 23.6 Å². The monoisotopic (exact) mass is 242 g/mol. The summed E-state index contributed by atoms with van der Waals surface area (Å²) in [7, 11) is 0. The van der Waals surface area contributed by atoms with E-state index in [4.69, 9.17) is 4.42 Å². The molecule has 0 radical (unpaired) electrons. The predicted molar refractivity (Wildman–Crippen MR) is 71.2 cm³/mol. The summed E-state index contributed by atoms with van der Waals surface area (Å²) in [6.07, 6.45) is 2.65. The van der Waals surface area contributed by atoms with Gasteiger partial charge in [0.2, 0.25) is 0 Å². The molecule has 0 unspecified atom stereocenters. The minimum absolute atomic E-state index is 0.0753. The van der Waals surface area contributed by atoms with Gasteiger partial charge in [0.15, 0.2) is 0 Å². The van der Waals surface area contributed by atoms with E-state index in [1.807, 2.05) is 43.3 Å². The molecule has 0 atom stereocenters.